The van der Waals surface area contributed by atoms with Crippen molar-refractivity contribution in [2.75, 3.05) is 0 Å². The lowest BCUT2D eigenvalue weighted by Gasteiger charge is -2.40. The summed E-state index contributed by atoms with van der Waals surface area (Å²) < 4.78 is 0. The van der Waals surface area contributed by atoms with Gasteiger partial charge in [-0.2, -0.15) is 0 Å². The first-order valence-corrected chi connectivity index (χ1v) is 8.42. The Morgan fingerprint density at radius 2 is 1.30 bits per heavy atom. The highest BCUT2D eigenvalue weighted by Crippen LogP contribution is 2.26. The molecule has 3 heteroatoms. The quantitative estimate of drug-likeness (QED) is 0.892. The number of benzene rings is 2. The minimum Gasteiger partial charge on any atom is -0.390 e. The fraction of sp³-hybridized carbons (Fsp3) is 0.400. The Bertz CT molecular complexity index is 546. The van der Waals surface area contributed by atoms with Gasteiger partial charge in [-0.1, -0.05) is 60.7 Å². The molecule has 1 saturated carbocycles. The molecule has 0 aromatic heterocycles. The third-order valence-electron chi connectivity index (χ3n) is 4.71. The fourth-order valence-corrected chi connectivity index (χ4v) is 3.46. The van der Waals surface area contributed by atoms with Crippen molar-refractivity contribution >= 4 is 0 Å². The van der Waals surface area contributed by atoms with Gasteiger partial charge in [0.05, 0.1) is 12.2 Å². The van der Waals surface area contributed by atoms with Gasteiger partial charge in [-0.3, -0.25) is 4.90 Å². The van der Waals surface area contributed by atoms with Gasteiger partial charge in [0.25, 0.3) is 0 Å². The van der Waals surface area contributed by atoms with E-state index in [1.807, 2.05) is 36.4 Å². The van der Waals surface area contributed by atoms with E-state index in [4.69, 9.17) is 0 Å². The number of nitrogens with zero attached hydrogens (tertiary/aromatic N) is 1. The van der Waals surface area contributed by atoms with Gasteiger partial charge in [-0.15, -0.1) is 0 Å². The summed E-state index contributed by atoms with van der Waals surface area (Å²) in [5.74, 6) is 0. The van der Waals surface area contributed by atoms with Crippen LogP contribution < -0.4 is 0 Å². The summed E-state index contributed by atoms with van der Waals surface area (Å²) in [5.41, 5.74) is 2.46. The molecular weight excluding hydrogens is 286 g/mol. The van der Waals surface area contributed by atoms with Crippen molar-refractivity contribution in [2.45, 2.75) is 50.6 Å². The average Bonchev–Trinajstić information content (AvgIpc) is 2.59. The third kappa shape index (κ3) is 4.20. The van der Waals surface area contributed by atoms with Crippen LogP contribution in [0.5, 0.6) is 0 Å². The number of hydrogen-bond acceptors (Lipinski definition) is 3. The molecule has 1 fully saturated rings. The van der Waals surface area contributed by atoms with Gasteiger partial charge in [-0.05, 0) is 30.4 Å². The van der Waals surface area contributed by atoms with E-state index in [0.29, 0.717) is 6.42 Å². The van der Waals surface area contributed by atoms with E-state index >= 15 is 0 Å². The largest absolute Gasteiger partial charge is 0.390 e. The molecule has 2 aromatic rings. The van der Waals surface area contributed by atoms with Gasteiger partial charge in [0.15, 0.2) is 0 Å². The van der Waals surface area contributed by atoms with Crippen LogP contribution in [0, 0.1) is 0 Å². The smallest absolute Gasteiger partial charge is 0.0953 e. The van der Waals surface area contributed by atoms with E-state index in [-0.39, 0.29) is 6.04 Å². The highest BCUT2D eigenvalue weighted by atomic mass is 16.3. The molecule has 0 amide bonds. The van der Waals surface area contributed by atoms with Gasteiger partial charge in [0.1, 0.15) is 0 Å². The van der Waals surface area contributed by atoms with E-state index in [1.165, 1.54) is 11.1 Å². The lowest BCUT2D eigenvalue weighted by Crippen LogP contribution is -2.50. The molecule has 23 heavy (non-hydrogen) atoms. The zero-order chi connectivity index (χ0) is 16.1. The van der Waals surface area contributed by atoms with Crippen molar-refractivity contribution in [1.82, 2.24) is 4.90 Å². The maximum atomic E-state index is 10.5. The van der Waals surface area contributed by atoms with E-state index in [9.17, 15) is 10.2 Å². The molecule has 122 valence electrons. The second-order valence-corrected chi connectivity index (χ2v) is 6.43. The summed E-state index contributed by atoms with van der Waals surface area (Å²) in [7, 11) is 0. The zero-order valence-corrected chi connectivity index (χ0v) is 13.4. The molecule has 0 bridgehead atoms. The average molecular weight is 311 g/mol. The lowest BCUT2D eigenvalue weighted by atomic mass is 9.88. The normalized spacial score (nSPS) is 24.7. The minimum absolute atomic E-state index is 0.000776. The molecule has 0 aliphatic heterocycles. The van der Waals surface area contributed by atoms with E-state index in [0.717, 1.165) is 25.9 Å². The molecule has 3 nitrogen and oxygen atoms in total. The highest BCUT2D eigenvalue weighted by Gasteiger charge is 2.34. The van der Waals surface area contributed by atoms with Crippen molar-refractivity contribution in [2.24, 2.45) is 0 Å². The summed E-state index contributed by atoms with van der Waals surface area (Å²) in [6, 6.07) is 20.7. The first-order valence-electron chi connectivity index (χ1n) is 8.42. The van der Waals surface area contributed by atoms with E-state index in [2.05, 4.69) is 29.2 Å². The van der Waals surface area contributed by atoms with Gasteiger partial charge >= 0.3 is 0 Å². The molecule has 3 atom stereocenters. The van der Waals surface area contributed by atoms with Crippen molar-refractivity contribution in [3.8, 4) is 0 Å². The topological polar surface area (TPSA) is 43.7 Å². The second-order valence-electron chi connectivity index (χ2n) is 6.43. The molecule has 1 aliphatic carbocycles. The van der Waals surface area contributed by atoms with Crippen LogP contribution in [0.4, 0.5) is 0 Å². The number of hydrogen-bond donors (Lipinski definition) is 2. The molecule has 0 heterocycles. The Labute approximate surface area is 138 Å². The van der Waals surface area contributed by atoms with Crippen molar-refractivity contribution in [1.29, 1.82) is 0 Å². The van der Waals surface area contributed by atoms with Gasteiger partial charge < -0.3 is 10.2 Å². The molecule has 0 spiro atoms. The Balaban J connectivity index is 1.80. The summed E-state index contributed by atoms with van der Waals surface area (Å²) in [5, 5.41) is 20.5. The maximum absolute atomic E-state index is 10.5. The van der Waals surface area contributed by atoms with Crippen LogP contribution in [0.25, 0.3) is 0 Å². The minimum atomic E-state index is -0.670. The Kier molecular flexibility index (Phi) is 5.44. The molecule has 0 saturated heterocycles. The Morgan fingerprint density at radius 3 is 1.83 bits per heavy atom. The van der Waals surface area contributed by atoms with Gasteiger partial charge in [-0.25, -0.2) is 0 Å². The van der Waals surface area contributed by atoms with Crippen LogP contribution in [0.15, 0.2) is 60.7 Å². The van der Waals surface area contributed by atoms with Crippen molar-refractivity contribution in [3.63, 3.8) is 0 Å². The molecule has 2 aromatic carbocycles. The monoisotopic (exact) mass is 311 g/mol. The van der Waals surface area contributed by atoms with Crippen LogP contribution >= 0.6 is 0 Å². The van der Waals surface area contributed by atoms with Crippen LogP contribution in [0.2, 0.25) is 0 Å². The molecule has 1 aliphatic rings. The molecule has 3 rings (SSSR count). The standard InChI is InChI=1S/C20H25NO2/c22-19-13-7-12-18(20(19)23)21(14-16-8-3-1-4-9-16)15-17-10-5-2-6-11-17/h1-6,8-11,18-20,22-23H,7,12-15H2/t18-,19-,20+/m1/s1. The third-order valence-corrected chi connectivity index (χ3v) is 4.71. The summed E-state index contributed by atoms with van der Waals surface area (Å²) in [4.78, 5) is 2.30. The molecule has 0 radical (unpaired) electrons. The van der Waals surface area contributed by atoms with E-state index in [1.54, 1.807) is 0 Å². The number of aliphatic hydroxyl groups excluding tert-OH is 2. The number of aliphatic hydroxyl groups is 2. The molecule has 0 unspecified atom stereocenters. The maximum Gasteiger partial charge on any atom is 0.0953 e. The van der Waals surface area contributed by atoms with Crippen LogP contribution in [-0.4, -0.2) is 33.4 Å². The number of rotatable bonds is 5. The van der Waals surface area contributed by atoms with Gasteiger partial charge in [0.2, 0.25) is 0 Å². The lowest BCUT2D eigenvalue weighted by molar-refractivity contribution is -0.0689. The second kappa shape index (κ2) is 7.73. The Hall–Kier alpha value is -1.68. The van der Waals surface area contributed by atoms with Crippen LogP contribution in [0.3, 0.4) is 0 Å². The van der Waals surface area contributed by atoms with E-state index < -0.39 is 12.2 Å². The van der Waals surface area contributed by atoms with Crippen LogP contribution in [-0.2, 0) is 13.1 Å². The van der Waals surface area contributed by atoms with Crippen LogP contribution in [0.1, 0.15) is 30.4 Å². The van der Waals surface area contributed by atoms with Crippen molar-refractivity contribution in [3.05, 3.63) is 71.8 Å². The summed E-state index contributed by atoms with van der Waals surface area (Å²) in [6.45, 7) is 1.56. The molecular formula is C20H25NO2. The van der Waals surface area contributed by atoms with Crippen molar-refractivity contribution < 1.29 is 10.2 Å². The summed E-state index contributed by atoms with van der Waals surface area (Å²) >= 11 is 0. The fourth-order valence-electron chi connectivity index (χ4n) is 3.46. The predicted octanol–water partition coefficient (Wildman–Crippen LogP) is 2.96. The predicted molar refractivity (Wildman–Crippen MR) is 91.8 cm³/mol. The van der Waals surface area contributed by atoms with Gasteiger partial charge in [0, 0.05) is 19.1 Å². The first-order chi connectivity index (χ1) is 11.2. The Morgan fingerprint density at radius 1 is 0.783 bits per heavy atom. The molecule has 2 N–H and O–H groups in total. The highest BCUT2D eigenvalue weighted by molar-refractivity contribution is 5.17. The first kappa shape index (κ1) is 16.2. The summed E-state index contributed by atoms with van der Waals surface area (Å²) in [6.07, 6.45) is 1.31. The zero-order valence-electron chi connectivity index (χ0n) is 13.4. The SMILES string of the molecule is O[C@@H]1[C@H](O)CCC[C@H]1N(Cc1ccccc1)Cc1ccccc1.